The molecule has 1 aliphatic rings. The lowest BCUT2D eigenvalue weighted by Crippen LogP contribution is -2.35. The number of hydrogen-bond donors (Lipinski definition) is 1. The van der Waals surface area contributed by atoms with Crippen LogP contribution >= 0.6 is 23.2 Å². The number of alkyl halides is 2. The van der Waals surface area contributed by atoms with Gasteiger partial charge < -0.3 is 5.32 Å². The van der Waals surface area contributed by atoms with Gasteiger partial charge in [0.1, 0.15) is 4.33 Å². The molecule has 1 fully saturated rings. The number of nitrogens with zero attached hydrogens (tertiary/aromatic N) is 2. The molecule has 0 bridgehead atoms. The van der Waals surface area contributed by atoms with Crippen LogP contribution in [-0.2, 0) is 11.8 Å². The van der Waals surface area contributed by atoms with Gasteiger partial charge in [0.25, 0.3) is 0 Å². The smallest absolute Gasteiger partial charge is 0.229 e. The highest BCUT2D eigenvalue weighted by Crippen LogP contribution is 2.63. The fourth-order valence-corrected chi connectivity index (χ4v) is 3.20. The van der Waals surface area contributed by atoms with Crippen molar-refractivity contribution >= 4 is 29.1 Å². The number of halogens is 2. The maximum Gasteiger partial charge on any atom is 0.229 e. The quantitative estimate of drug-likeness (QED) is 0.873. The Bertz CT molecular complexity index is 538. The van der Waals surface area contributed by atoms with Crippen LogP contribution in [0.3, 0.4) is 0 Å². The Kier molecular flexibility index (Phi) is 3.38. The van der Waals surface area contributed by atoms with Crippen LogP contribution in [0.15, 0.2) is 0 Å². The summed E-state index contributed by atoms with van der Waals surface area (Å²) in [5.41, 5.74) is 2.34. The van der Waals surface area contributed by atoms with Gasteiger partial charge in [-0.25, -0.2) is 0 Å². The van der Waals surface area contributed by atoms with Crippen LogP contribution in [0.2, 0.25) is 0 Å². The van der Waals surface area contributed by atoms with Gasteiger partial charge in [0.15, 0.2) is 0 Å². The van der Waals surface area contributed by atoms with Crippen molar-refractivity contribution in [3.63, 3.8) is 0 Å². The second-order valence-electron chi connectivity index (χ2n) is 5.62. The van der Waals surface area contributed by atoms with Gasteiger partial charge in [-0.3, -0.25) is 9.48 Å². The third-order valence-electron chi connectivity index (χ3n) is 4.10. The molecule has 0 aliphatic heterocycles. The molecule has 1 heterocycles. The van der Waals surface area contributed by atoms with Crippen LogP contribution in [0.25, 0.3) is 0 Å². The van der Waals surface area contributed by atoms with E-state index in [1.54, 1.807) is 6.92 Å². The van der Waals surface area contributed by atoms with Gasteiger partial charge in [-0.15, -0.1) is 23.2 Å². The summed E-state index contributed by atoms with van der Waals surface area (Å²) >= 11 is 12.1. The van der Waals surface area contributed by atoms with Crippen molar-refractivity contribution in [1.82, 2.24) is 15.1 Å². The van der Waals surface area contributed by atoms with Gasteiger partial charge in [0.05, 0.1) is 17.2 Å². The van der Waals surface area contributed by atoms with E-state index in [0.29, 0.717) is 6.42 Å². The molecule has 1 N–H and O–H groups in total. The van der Waals surface area contributed by atoms with Crippen LogP contribution in [0, 0.1) is 19.3 Å². The highest BCUT2D eigenvalue weighted by atomic mass is 35.5. The van der Waals surface area contributed by atoms with Gasteiger partial charge in [0, 0.05) is 18.3 Å². The molecule has 0 unspecified atom stereocenters. The zero-order chi connectivity index (χ0) is 14.6. The summed E-state index contributed by atoms with van der Waals surface area (Å²) in [5.74, 6) is -0.104. The van der Waals surface area contributed by atoms with Crippen molar-refractivity contribution in [1.29, 1.82) is 0 Å². The maximum absolute atomic E-state index is 12.2. The van der Waals surface area contributed by atoms with Crippen molar-refractivity contribution in [2.75, 3.05) is 0 Å². The minimum Gasteiger partial charge on any atom is -0.349 e. The van der Waals surface area contributed by atoms with Crippen LogP contribution in [0.5, 0.6) is 0 Å². The molecule has 1 aromatic rings. The first-order valence-electron chi connectivity index (χ1n) is 6.29. The van der Waals surface area contributed by atoms with E-state index >= 15 is 0 Å². The van der Waals surface area contributed by atoms with E-state index in [4.69, 9.17) is 23.2 Å². The molecular formula is C13H19Cl2N3O. The Balaban J connectivity index is 2.14. The number of aryl methyl sites for hydroxylation is 2. The Hall–Kier alpha value is -0.740. The molecule has 0 aromatic carbocycles. The Morgan fingerprint density at radius 1 is 1.47 bits per heavy atom. The number of carbonyl (C=O) groups is 1. The van der Waals surface area contributed by atoms with Crippen molar-refractivity contribution in [3.05, 3.63) is 17.0 Å². The minimum atomic E-state index is -0.935. The number of carbonyl (C=O) groups excluding carboxylic acids is 1. The van der Waals surface area contributed by atoms with E-state index in [1.807, 2.05) is 32.5 Å². The van der Waals surface area contributed by atoms with E-state index in [0.717, 1.165) is 17.0 Å². The maximum atomic E-state index is 12.2. The first kappa shape index (κ1) is 14.7. The normalized spacial score (nSPS) is 26.1. The summed E-state index contributed by atoms with van der Waals surface area (Å²) in [6.07, 6.45) is 0.493. The number of aromatic nitrogens is 2. The summed E-state index contributed by atoms with van der Waals surface area (Å²) in [7, 11) is 1.89. The first-order chi connectivity index (χ1) is 8.60. The van der Waals surface area contributed by atoms with Gasteiger partial charge in [-0.1, -0.05) is 0 Å². The highest BCUT2D eigenvalue weighted by Gasteiger charge is 2.68. The SMILES string of the molecule is Cc1nn(C)c(C)c1[C@H](C)NC(=O)[C@@]1(C)CC1(Cl)Cl. The molecule has 1 aromatic heterocycles. The van der Waals surface area contributed by atoms with Crippen molar-refractivity contribution in [2.24, 2.45) is 12.5 Å². The van der Waals surface area contributed by atoms with Crippen molar-refractivity contribution in [3.8, 4) is 0 Å². The average Bonchev–Trinajstić information content (AvgIpc) is 2.67. The second-order valence-corrected chi connectivity index (χ2v) is 7.10. The van der Waals surface area contributed by atoms with E-state index in [-0.39, 0.29) is 11.9 Å². The molecule has 1 amide bonds. The highest BCUT2D eigenvalue weighted by molar-refractivity contribution is 6.53. The monoisotopic (exact) mass is 303 g/mol. The summed E-state index contributed by atoms with van der Waals surface area (Å²) in [4.78, 5) is 12.2. The van der Waals surface area contributed by atoms with Gasteiger partial charge in [-0.2, -0.15) is 5.10 Å². The lowest BCUT2D eigenvalue weighted by Gasteiger charge is -2.19. The van der Waals surface area contributed by atoms with Gasteiger partial charge in [-0.05, 0) is 34.1 Å². The van der Waals surface area contributed by atoms with E-state index in [2.05, 4.69) is 10.4 Å². The lowest BCUT2D eigenvalue weighted by molar-refractivity contribution is -0.126. The molecule has 1 saturated carbocycles. The molecule has 0 spiro atoms. The van der Waals surface area contributed by atoms with E-state index in [9.17, 15) is 4.79 Å². The van der Waals surface area contributed by atoms with Gasteiger partial charge >= 0.3 is 0 Å². The largest absolute Gasteiger partial charge is 0.349 e. The number of nitrogens with one attached hydrogen (secondary N) is 1. The molecule has 0 radical (unpaired) electrons. The standard InChI is InChI=1S/C13H19Cl2N3O/c1-7(10-8(2)17-18(5)9(10)3)16-11(19)12(4)6-13(12,14)15/h7H,6H2,1-5H3,(H,16,19)/t7-,12+/m0/s1. The van der Waals surface area contributed by atoms with Crippen molar-refractivity contribution < 1.29 is 4.79 Å². The molecule has 2 rings (SSSR count). The topological polar surface area (TPSA) is 46.9 Å². The molecule has 6 heteroatoms. The number of amides is 1. The van der Waals surface area contributed by atoms with Crippen LogP contribution in [0.4, 0.5) is 0 Å². The molecule has 19 heavy (non-hydrogen) atoms. The minimum absolute atomic E-state index is 0.104. The molecule has 106 valence electrons. The summed E-state index contributed by atoms with van der Waals surface area (Å²) in [6, 6.07) is -0.109. The van der Waals surface area contributed by atoms with Crippen LogP contribution < -0.4 is 5.32 Å². The third-order valence-corrected chi connectivity index (χ3v) is 5.21. The summed E-state index contributed by atoms with van der Waals surface area (Å²) in [6.45, 7) is 7.67. The van der Waals surface area contributed by atoms with Crippen LogP contribution in [-0.4, -0.2) is 20.0 Å². The summed E-state index contributed by atoms with van der Waals surface area (Å²) in [5, 5.41) is 7.35. The third kappa shape index (κ3) is 2.25. The fraction of sp³-hybridized carbons (Fsp3) is 0.692. The zero-order valence-electron chi connectivity index (χ0n) is 11.8. The zero-order valence-corrected chi connectivity index (χ0v) is 13.4. The predicted octanol–water partition coefficient (Wildman–Crippen LogP) is 2.80. The molecule has 2 atom stereocenters. The second kappa shape index (κ2) is 4.38. The Labute approximate surface area is 123 Å². The van der Waals surface area contributed by atoms with Gasteiger partial charge in [0.2, 0.25) is 5.91 Å². The van der Waals surface area contributed by atoms with E-state index < -0.39 is 9.75 Å². The number of hydrogen-bond acceptors (Lipinski definition) is 2. The molecule has 4 nitrogen and oxygen atoms in total. The predicted molar refractivity (Wildman–Crippen MR) is 76.4 cm³/mol. The average molecular weight is 304 g/mol. The molecule has 0 saturated heterocycles. The molecular weight excluding hydrogens is 285 g/mol. The Morgan fingerprint density at radius 3 is 2.37 bits per heavy atom. The van der Waals surface area contributed by atoms with Crippen LogP contribution in [0.1, 0.15) is 43.3 Å². The fourth-order valence-electron chi connectivity index (χ4n) is 2.49. The summed E-state index contributed by atoms with van der Waals surface area (Å²) < 4.78 is 0.884. The first-order valence-corrected chi connectivity index (χ1v) is 7.04. The Morgan fingerprint density at radius 2 is 2.00 bits per heavy atom. The molecule has 1 aliphatic carbocycles. The lowest BCUT2D eigenvalue weighted by atomic mass is 10.0. The van der Waals surface area contributed by atoms with Crippen molar-refractivity contribution in [2.45, 2.75) is 44.5 Å². The van der Waals surface area contributed by atoms with E-state index in [1.165, 1.54) is 0 Å². The number of rotatable bonds is 3.